The van der Waals surface area contributed by atoms with Gasteiger partial charge in [0.2, 0.25) is 0 Å². The Kier molecular flexibility index (Phi) is 4.14. The Balaban J connectivity index is 2.41. The molecule has 0 bridgehead atoms. The molecule has 0 saturated heterocycles. The molecule has 19 heavy (non-hydrogen) atoms. The van der Waals surface area contributed by atoms with Crippen molar-refractivity contribution in [2.45, 2.75) is 0 Å². The summed E-state index contributed by atoms with van der Waals surface area (Å²) < 4.78 is 0. The first kappa shape index (κ1) is 13.1. The Labute approximate surface area is 114 Å². The van der Waals surface area contributed by atoms with Crippen LogP contribution in [0.4, 0.5) is 5.69 Å². The molecular formula is C17H17NO. The van der Waals surface area contributed by atoms with Crippen LogP contribution in [0.5, 0.6) is 0 Å². The van der Waals surface area contributed by atoms with Gasteiger partial charge in [-0.25, -0.2) is 0 Å². The number of allylic oxidation sites excluding steroid dienone is 1. The summed E-state index contributed by atoms with van der Waals surface area (Å²) in [5.74, 6) is 0. The predicted octanol–water partition coefficient (Wildman–Crippen LogP) is 3.38. The van der Waals surface area contributed by atoms with E-state index in [9.17, 15) is 4.79 Å². The van der Waals surface area contributed by atoms with Gasteiger partial charge < -0.3 is 4.90 Å². The van der Waals surface area contributed by atoms with E-state index in [1.807, 2.05) is 56.6 Å². The third kappa shape index (κ3) is 3.10. The summed E-state index contributed by atoms with van der Waals surface area (Å²) in [4.78, 5) is 12.9. The van der Waals surface area contributed by atoms with Crippen molar-refractivity contribution in [2.75, 3.05) is 19.0 Å². The van der Waals surface area contributed by atoms with Crippen LogP contribution >= 0.6 is 0 Å². The lowest BCUT2D eigenvalue weighted by Gasteiger charge is -2.14. The molecule has 0 unspecified atom stereocenters. The minimum absolute atomic E-state index is 0.836. The highest BCUT2D eigenvalue weighted by molar-refractivity contribution is 5.89. The van der Waals surface area contributed by atoms with Gasteiger partial charge in [-0.3, -0.25) is 4.79 Å². The molecule has 0 fully saturated rings. The molecule has 2 heteroatoms. The Morgan fingerprint density at radius 2 is 1.47 bits per heavy atom. The molecule has 0 amide bonds. The molecule has 0 aliphatic rings. The molecule has 0 aliphatic carbocycles. The summed E-state index contributed by atoms with van der Waals surface area (Å²) in [7, 11) is 4.02. The number of carbonyl (C=O) groups is 1. The fraction of sp³-hybridized carbons (Fsp3) is 0.118. The second kappa shape index (κ2) is 6.01. The van der Waals surface area contributed by atoms with Gasteiger partial charge >= 0.3 is 0 Å². The number of benzene rings is 2. The van der Waals surface area contributed by atoms with Gasteiger partial charge in [0.1, 0.15) is 6.29 Å². The maximum atomic E-state index is 10.9. The van der Waals surface area contributed by atoms with E-state index in [1.54, 1.807) is 6.08 Å². The standard InChI is InChI=1S/C17H17NO/c1-18(2)16-10-8-15(9-11-16)17(12-13-19)14-6-4-3-5-7-14/h3-13H,1-2H3/b17-12-. The molecule has 0 atom stereocenters. The largest absolute Gasteiger partial charge is 0.378 e. The van der Waals surface area contributed by atoms with Crippen molar-refractivity contribution < 1.29 is 4.79 Å². The number of nitrogens with zero attached hydrogens (tertiary/aromatic N) is 1. The van der Waals surface area contributed by atoms with E-state index in [4.69, 9.17) is 0 Å². The van der Waals surface area contributed by atoms with Gasteiger partial charge in [-0.2, -0.15) is 0 Å². The van der Waals surface area contributed by atoms with E-state index in [0.29, 0.717) is 0 Å². The Hall–Kier alpha value is -2.35. The van der Waals surface area contributed by atoms with Crippen LogP contribution in [0.1, 0.15) is 11.1 Å². The molecule has 0 N–H and O–H groups in total. The molecule has 2 nitrogen and oxygen atoms in total. The van der Waals surface area contributed by atoms with Crippen LogP contribution in [0.3, 0.4) is 0 Å². The van der Waals surface area contributed by atoms with Gasteiger partial charge in [-0.15, -0.1) is 0 Å². The summed E-state index contributed by atoms with van der Waals surface area (Å²) >= 11 is 0. The lowest BCUT2D eigenvalue weighted by atomic mass is 9.97. The van der Waals surface area contributed by atoms with Gasteiger partial charge in [0.15, 0.2) is 0 Å². The highest BCUT2D eigenvalue weighted by Gasteiger charge is 2.04. The van der Waals surface area contributed by atoms with Gasteiger partial charge in [0.25, 0.3) is 0 Å². The van der Waals surface area contributed by atoms with E-state index in [1.165, 1.54) is 0 Å². The topological polar surface area (TPSA) is 20.3 Å². The summed E-state index contributed by atoms with van der Waals surface area (Å²) in [5, 5.41) is 0. The van der Waals surface area contributed by atoms with Gasteiger partial charge in [-0.1, -0.05) is 42.5 Å². The normalized spacial score (nSPS) is 11.2. The zero-order valence-corrected chi connectivity index (χ0v) is 11.2. The molecule has 2 aromatic rings. The molecule has 2 aromatic carbocycles. The fourth-order valence-electron chi connectivity index (χ4n) is 1.98. The molecular weight excluding hydrogens is 234 g/mol. The maximum absolute atomic E-state index is 10.9. The second-order valence-corrected chi connectivity index (χ2v) is 4.52. The Morgan fingerprint density at radius 1 is 0.895 bits per heavy atom. The van der Waals surface area contributed by atoms with Gasteiger partial charge in [-0.05, 0) is 34.9 Å². The first-order valence-corrected chi connectivity index (χ1v) is 6.21. The van der Waals surface area contributed by atoms with E-state index < -0.39 is 0 Å². The van der Waals surface area contributed by atoms with E-state index in [-0.39, 0.29) is 0 Å². The SMILES string of the molecule is CN(C)c1ccc(/C(=C\C=O)c2ccccc2)cc1. The quantitative estimate of drug-likeness (QED) is 0.613. The molecule has 0 radical (unpaired) electrons. The molecule has 2 rings (SSSR count). The molecule has 96 valence electrons. The summed E-state index contributed by atoms with van der Waals surface area (Å²) in [6.07, 6.45) is 2.45. The molecule has 0 aromatic heterocycles. The average molecular weight is 251 g/mol. The number of hydrogen-bond donors (Lipinski definition) is 0. The smallest absolute Gasteiger partial charge is 0.143 e. The van der Waals surface area contributed by atoms with Crippen molar-refractivity contribution in [3.05, 3.63) is 71.8 Å². The third-order valence-corrected chi connectivity index (χ3v) is 3.01. The minimum atomic E-state index is 0.836. The summed E-state index contributed by atoms with van der Waals surface area (Å²) in [6.45, 7) is 0. The minimum Gasteiger partial charge on any atom is -0.378 e. The van der Waals surface area contributed by atoms with Crippen LogP contribution in [0.25, 0.3) is 5.57 Å². The zero-order valence-electron chi connectivity index (χ0n) is 11.2. The number of hydrogen-bond acceptors (Lipinski definition) is 2. The molecule has 0 aliphatic heterocycles. The second-order valence-electron chi connectivity index (χ2n) is 4.52. The van der Waals surface area contributed by atoms with Crippen molar-refractivity contribution in [1.29, 1.82) is 0 Å². The average Bonchev–Trinajstić information content (AvgIpc) is 2.46. The first-order valence-electron chi connectivity index (χ1n) is 6.21. The highest BCUT2D eigenvalue weighted by atomic mass is 16.1. The number of aldehydes is 1. The van der Waals surface area contributed by atoms with E-state index in [2.05, 4.69) is 17.0 Å². The van der Waals surface area contributed by atoms with Crippen LogP contribution < -0.4 is 4.90 Å². The van der Waals surface area contributed by atoms with E-state index in [0.717, 1.165) is 28.7 Å². The van der Waals surface area contributed by atoms with Crippen LogP contribution in [0, 0.1) is 0 Å². The molecule has 0 spiro atoms. The van der Waals surface area contributed by atoms with Gasteiger partial charge in [0, 0.05) is 19.8 Å². The molecule has 0 heterocycles. The van der Waals surface area contributed by atoms with Crippen molar-refractivity contribution in [2.24, 2.45) is 0 Å². The van der Waals surface area contributed by atoms with E-state index >= 15 is 0 Å². The van der Waals surface area contributed by atoms with Crippen LogP contribution in [-0.4, -0.2) is 20.4 Å². The van der Waals surface area contributed by atoms with Crippen LogP contribution in [0.15, 0.2) is 60.7 Å². The molecule has 0 saturated carbocycles. The lowest BCUT2D eigenvalue weighted by Crippen LogP contribution is -2.08. The lowest BCUT2D eigenvalue weighted by molar-refractivity contribution is -0.104. The number of rotatable bonds is 4. The highest BCUT2D eigenvalue weighted by Crippen LogP contribution is 2.24. The maximum Gasteiger partial charge on any atom is 0.143 e. The Morgan fingerprint density at radius 3 is 2.00 bits per heavy atom. The first-order chi connectivity index (χ1) is 9.22. The van der Waals surface area contributed by atoms with Gasteiger partial charge in [0.05, 0.1) is 0 Å². The zero-order chi connectivity index (χ0) is 13.7. The van der Waals surface area contributed by atoms with Crippen LogP contribution in [-0.2, 0) is 4.79 Å². The monoisotopic (exact) mass is 251 g/mol. The van der Waals surface area contributed by atoms with Crippen molar-refractivity contribution in [3.63, 3.8) is 0 Å². The number of carbonyl (C=O) groups excluding carboxylic acids is 1. The Bertz CT molecular complexity index is 568. The predicted molar refractivity (Wildman–Crippen MR) is 80.4 cm³/mol. The summed E-state index contributed by atoms with van der Waals surface area (Å²) in [5.41, 5.74) is 4.18. The van der Waals surface area contributed by atoms with Crippen molar-refractivity contribution in [1.82, 2.24) is 0 Å². The van der Waals surface area contributed by atoms with Crippen molar-refractivity contribution in [3.8, 4) is 0 Å². The third-order valence-electron chi connectivity index (χ3n) is 3.01. The summed E-state index contributed by atoms with van der Waals surface area (Å²) in [6, 6.07) is 18.1. The van der Waals surface area contributed by atoms with Crippen molar-refractivity contribution >= 4 is 17.5 Å². The fourth-order valence-corrected chi connectivity index (χ4v) is 1.98. The van der Waals surface area contributed by atoms with Crippen LogP contribution in [0.2, 0.25) is 0 Å². The number of anilines is 1.